The molecule has 1 amide bonds. The summed E-state index contributed by atoms with van der Waals surface area (Å²) in [6.45, 7) is 4.79. The number of rotatable bonds is 5. The maximum atomic E-state index is 12.3. The van der Waals surface area contributed by atoms with Crippen molar-refractivity contribution < 1.29 is 14.3 Å². The van der Waals surface area contributed by atoms with Crippen LogP contribution in [0, 0.1) is 5.41 Å². The Balaban J connectivity index is 1.42. The van der Waals surface area contributed by atoms with E-state index >= 15 is 0 Å². The average Bonchev–Trinajstić information content (AvgIpc) is 3.27. The Kier molecular flexibility index (Phi) is 4.11. The van der Waals surface area contributed by atoms with Gasteiger partial charge in [0.2, 0.25) is 12.7 Å². The topological polar surface area (TPSA) is 56.6 Å². The lowest BCUT2D eigenvalue weighted by molar-refractivity contribution is -0.137. The van der Waals surface area contributed by atoms with Crippen molar-refractivity contribution in [2.75, 3.05) is 19.9 Å². The molecule has 6 heteroatoms. The zero-order valence-corrected chi connectivity index (χ0v) is 14.5. The van der Waals surface area contributed by atoms with Crippen LogP contribution in [0.15, 0.2) is 36.7 Å². The lowest BCUT2D eigenvalue weighted by Gasteiger charge is -2.40. The van der Waals surface area contributed by atoms with Crippen LogP contribution in [0.4, 0.5) is 0 Å². The van der Waals surface area contributed by atoms with Crippen LogP contribution < -0.4 is 9.47 Å². The van der Waals surface area contributed by atoms with E-state index in [0.29, 0.717) is 19.8 Å². The number of nitrogens with zero attached hydrogens (tertiary/aromatic N) is 3. The summed E-state index contributed by atoms with van der Waals surface area (Å²) in [7, 11) is 0. The molecule has 0 radical (unpaired) electrons. The highest BCUT2D eigenvalue weighted by molar-refractivity contribution is 5.77. The van der Waals surface area contributed by atoms with Crippen LogP contribution in [0.5, 0.6) is 11.5 Å². The molecule has 0 saturated carbocycles. The van der Waals surface area contributed by atoms with Crippen molar-refractivity contribution in [3.63, 3.8) is 0 Å². The highest BCUT2D eigenvalue weighted by Gasteiger charge is 2.35. The van der Waals surface area contributed by atoms with Gasteiger partial charge in [-0.1, -0.05) is 13.0 Å². The van der Waals surface area contributed by atoms with E-state index in [-0.39, 0.29) is 11.3 Å². The Morgan fingerprint density at radius 1 is 1.24 bits per heavy atom. The molecule has 1 fully saturated rings. The normalized spacial score (nSPS) is 22.4. The Hall–Kier alpha value is -2.50. The number of likely N-dealkylation sites (tertiary alicyclic amines) is 1. The number of benzene rings is 1. The number of amides is 1. The monoisotopic (exact) mass is 341 g/mol. The molecule has 4 rings (SSSR count). The molecule has 132 valence electrons. The average molecular weight is 341 g/mol. The van der Waals surface area contributed by atoms with Gasteiger partial charge in [0.15, 0.2) is 11.5 Å². The minimum atomic E-state index is 0.0751. The third-order valence-electron chi connectivity index (χ3n) is 5.09. The van der Waals surface area contributed by atoms with Crippen LogP contribution in [0.3, 0.4) is 0 Å². The Morgan fingerprint density at radius 3 is 2.96 bits per heavy atom. The van der Waals surface area contributed by atoms with Gasteiger partial charge in [0, 0.05) is 31.9 Å². The van der Waals surface area contributed by atoms with Crippen molar-refractivity contribution in [3.05, 3.63) is 42.2 Å². The predicted octanol–water partition coefficient (Wildman–Crippen LogP) is 2.48. The summed E-state index contributed by atoms with van der Waals surface area (Å²) in [5.41, 5.74) is 1.30. The standard InChI is InChI=1S/C19H23N3O3/c1-19(12-15-3-4-16-17(11-15)25-14-24-16)6-5-18(23)21(13-19)9-10-22-8-2-7-20-22/h2-4,7-8,11H,5-6,9-10,12-14H2,1H3/t19-/m1/s1. The molecular formula is C19H23N3O3. The molecule has 2 aromatic rings. The van der Waals surface area contributed by atoms with E-state index < -0.39 is 0 Å². The van der Waals surface area contributed by atoms with Crippen LogP contribution in [-0.2, 0) is 17.8 Å². The first kappa shape index (κ1) is 16.0. The third kappa shape index (κ3) is 3.48. The van der Waals surface area contributed by atoms with Gasteiger partial charge in [-0.05, 0) is 42.0 Å². The zero-order valence-electron chi connectivity index (χ0n) is 14.5. The number of aromatic nitrogens is 2. The minimum Gasteiger partial charge on any atom is -0.454 e. The number of ether oxygens (including phenoxy) is 2. The summed E-state index contributed by atoms with van der Waals surface area (Å²) in [6, 6.07) is 8.05. The Labute approximate surface area is 147 Å². The summed E-state index contributed by atoms with van der Waals surface area (Å²) in [5.74, 6) is 1.88. The van der Waals surface area contributed by atoms with E-state index in [0.717, 1.165) is 37.4 Å². The molecule has 1 atom stereocenters. The lowest BCUT2D eigenvalue weighted by Crippen LogP contribution is -2.47. The van der Waals surface area contributed by atoms with E-state index in [2.05, 4.69) is 24.2 Å². The zero-order chi connectivity index (χ0) is 17.3. The fourth-order valence-corrected chi connectivity index (χ4v) is 3.74. The molecule has 1 aromatic heterocycles. The fraction of sp³-hybridized carbons (Fsp3) is 0.474. The highest BCUT2D eigenvalue weighted by atomic mass is 16.7. The molecule has 2 aliphatic heterocycles. The fourth-order valence-electron chi connectivity index (χ4n) is 3.74. The number of carbonyl (C=O) groups excluding carboxylic acids is 1. The summed E-state index contributed by atoms with van der Waals surface area (Å²) >= 11 is 0. The maximum Gasteiger partial charge on any atom is 0.231 e. The van der Waals surface area contributed by atoms with E-state index in [4.69, 9.17) is 9.47 Å². The van der Waals surface area contributed by atoms with Gasteiger partial charge in [-0.3, -0.25) is 9.48 Å². The molecule has 0 spiro atoms. The molecule has 0 aliphatic carbocycles. The Bertz CT molecular complexity index is 759. The van der Waals surface area contributed by atoms with Crippen molar-refractivity contribution >= 4 is 5.91 Å². The van der Waals surface area contributed by atoms with Crippen molar-refractivity contribution in [3.8, 4) is 11.5 Å². The number of piperidine rings is 1. The molecule has 2 aliphatic rings. The molecule has 0 bridgehead atoms. The molecule has 6 nitrogen and oxygen atoms in total. The van der Waals surface area contributed by atoms with Gasteiger partial charge in [0.25, 0.3) is 0 Å². The SMILES string of the molecule is C[C@]1(Cc2ccc3c(c2)OCO3)CCC(=O)N(CCn2cccn2)C1. The van der Waals surface area contributed by atoms with Gasteiger partial charge < -0.3 is 14.4 Å². The smallest absolute Gasteiger partial charge is 0.231 e. The first-order valence-corrected chi connectivity index (χ1v) is 8.75. The summed E-state index contributed by atoms with van der Waals surface area (Å²) < 4.78 is 12.7. The Morgan fingerprint density at radius 2 is 2.12 bits per heavy atom. The molecule has 3 heterocycles. The second kappa shape index (κ2) is 6.43. The van der Waals surface area contributed by atoms with Gasteiger partial charge in [-0.2, -0.15) is 5.10 Å². The first-order chi connectivity index (χ1) is 12.1. The van der Waals surface area contributed by atoms with Crippen LogP contribution in [-0.4, -0.2) is 40.5 Å². The predicted molar refractivity (Wildman–Crippen MR) is 92.4 cm³/mol. The van der Waals surface area contributed by atoms with Gasteiger partial charge in [-0.25, -0.2) is 0 Å². The van der Waals surface area contributed by atoms with Crippen molar-refractivity contribution in [1.82, 2.24) is 14.7 Å². The second-order valence-electron chi connectivity index (χ2n) is 7.26. The molecule has 1 aromatic carbocycles. The molecular weight excluding hydrogens is 318 g/mol. The van der Waals surface area contributed by atoms with E-state index in [9.17, 15) is 4.79 Å². The number of carbonyl (C=O) groups is 1. The van der Waals surface area contributed by atoms with E-state index in [1.165, 1.54) is 5.56 Å². The van der Waals surface area contributed by atoms with Crippen LogP contribution in [0.1, 0.15) is 25.3 Å². The third-order valence-corrected chi connectivity index (χ3v) is 5.09. The van der Waals surface area contributed by atoms with Crippen LogP contribution in [0.25, 0.3) is 0 Å². The molecule has 1 saturated heterocycles. The number of hydrogen-bond acceptors (Lipinski definition) is 4. The van der Waals surface area contributed by atoms with Crippen LogP contribution in [0.2, 0.25) is 0 Å². The lowest BCUT2D eigenvalue weighted by atomic mass is 9.76. The first-order valence-electron chi connectivity index (χ1n) is 8.75. The number of fused-ring (bicyclic) bond motifs is 1. The van der Waals surface area contributed by atoms with E-state index in [1.807, 2.05) is 27.9 Å². The summed E-state index contributed by atoms with van der Waals surface area (Å²) in [5, 5.41) is 4.22. The molecule has 25 heavy (non-hydrogen) atoms. The molecule has 0 unspecified atom stereocenters. The van der Waals surface area contributed by atoms with Crippen LogP contribution >= 0.6 is 0 Å². The van der Waals surface area contributed by atoms with Crippen molar-refractivity contribution in [1.29, 1.82) is 0 Å². The molecule has 0 N–H and O–H groups in total. The largest absolute Gasteiger partial charge is 0.454 e. The highest BCUT2D eigenvalue weighted by Crippen LogP contribution is 2.37. The maximum absolute atomic E-state index is 12.3. The van der Waals surface area contributed by atoms with Crippen molar-refractivity contribution in [2.45, 2.75) is 32.7 Å². The van der Waals surface area contributed by atoms with Gasteiger partial charge in [0.1, 0.15) is 0 Å². The van der Waals surface area contributed by atoms with Crippen molar-refractivity contribution in [2.24, 2.45) is 5.41 Å². The van der Waals surface area contributed by atoms with Gasteiger partial charge in [0.05, 0.1) is 6.54 Å². The minimum absolute atomic E-state index is 0.0751. The second-order valence-corrected chi connectivity index (χ2v) is 7.26. The van der Waals surface area contributed by atoms with Gasteiger partial charge >= 0.3 is 0 Å². The van der Waals surface area contributed by atoms with Gasteiger partial charge in [-0.15, -0.1) is 0 Å². The number of hydrogen-bond donors (Lipinski definition) is 0. The summed E-state index contributed by atoms with van der Waals surface area (Å²) in [4.78, 5) is 14.3. The van der Waals surface area contributed by atoms with E-state index in [1.54, 1.807) is 6.20 Å². The summed E-state index contributed by atoms with van der Waals surface area (Å²) in [6.07, 6.45) is 6.15. The quantitative estimate of drug-likeness (QED) is 0.838.